The van der Waals surface area contributed by atoms with Crippen LogP contribution in [0.3, 0.4) is 0 Å². The topological polar surface area (TPSA) is 96.2 Å². The summed E-state index contributed by atoms with van der Waals surface area (Å²) in [5, 5.41) is 0. The number of hydrogen-bond donors (Lipinski definition) is 1. The molecule has 0 saturated carbocycles. The third kappa shape index (κ3) is 4.83. The Balaban J connectivity index is 1.75. The molecule has 0 spiro atoms. The van der Waals surface area contributed by atoms with E-state index in [4.69, 9.17) is 10.5 Å². The van der Waals surface area contributed by atoms with E-state index in [-0.39, 0.29) is 36.2 Å². The van der Waals surface area contributed by atoms with Gasteiger partial charge in [-0.1, -0.05) is 34.6 Å². The van der Waals surface area contributed by atoms with Crippen LogP contribution in [0.4, 0.5) is 5.69 Å². The van der Waals surface area contributed by atoms with Gasteiger partial charge in [-0.25, -0.2) is 0 Å². The van der Waals surface area contributed by atoms with E-state index in [2.05, 4.69) is 30.7 Å². The molecule has 2 N–H and O–H groups in total. The van der Waals surface area contributed by atoms with Crippen LogP contribution in [0, 0.1) is 17.3 Å². The van der Waals surface area contributed by atoms with Gasteiger partial charge >= 0.3 is 0 Å². The van der Waals surface area contributed by atoms with Crippen molar-refractivity contribution < 1.29 is 19.1 Å². The zero-order chi connectivity index (χ0) is 25.7. The Morgan fingerprint density at radius 2 is 1.77 bits per heavy atom. The first-order valence-electron chi connectivity index (χ1n) is 12.7. The number of carbonyl (C=O) groups is 3. The molecule has 3 aliphatic rings. The number of ether oxygens (including phenoxy) is 1. The van der Waals surface area contributed by atoms with Crippen molar-refractivity contribution in [2.45, 2.75) is 52.7 Å². The number of primary amides is 1. The van der Waals surface area contributed by atoms with Gasteiger partial charge in [0.2, 0.25) is 11.8 Å². The average molecular weight is 485 g/mol. The number of ketones is 1. The van der Waals surface area contributed by atoms with E-state index in [1.54, 1.807) is 11.0 Å². The molecule has 192 valence electrons. The summed E-state index contributed by atoms with van der Waals surface area (Å²) in [5.41, 5.74) is 7.29. The Bertz CT molecular complexity index is 993. The van der Waals surface area contributed by atoms with Crippen LogP contribution in [0.25, 0.3) is 0 Å². The maximum atomic E-state index is 14.3. The van der Waals surface area contributed by atoms with Gasteiger partial charge in [0.15, 0.2) is 5.78 Å². The van der Waals surface area contributed by atoms with Gasteiger partial charge < -0.3 is 25.2 Å². The Kier molecular flexibility index (Phi) is 6.99. The summed E-state index contributed by atoms with van der Waals surface area (Å²) >= 11 is 0. The summed E-state index contributed by atoms with van der Waals surface area (Å²) in [5.74, 6) is -0.971. The molecular formula is C27H40N4O4. The number of piperazine rings is 1. The normalized spacial score (nSPS) is 26.4. The highest BCUT2D eigenvalue weighted by atomic mass is 16.5. The second-order valence-corrected chi connectivity index (χ2v) is 11.8. The molecule has 0 radical (unpaired) electrons. The SMILES string of the molecule is CC(C)[C@H]1CN(C(=O)[C@H](c2cc(N3CCN(C)CC3)ccc2C(N)=O)C(C)(C)C)[C@@H]2C(=O)CO[C@H]12. The fraction of sp³-hybridized carbons (Fsp3) is 0.667. The highest BCUT2D eigenvalue weighted by molar-refractivity contribution is 5.99. The lowest BCUT2D eigenvalue weighted by atomic mass is 9.73. The Labute approximate surface area is 208 Å². The minimum atomic E-state index is -0.627. The summed E-state index contributed by atoms with van der Waals surface area (Å²) in [4.78, 5) is 45.9. The van der Waals surface area contributed by atoms with Crippen LogP contribution in [-0.4, -0.2) is 85.9 Å². The molecule has 4 rings (SSSR count). The van der Waals surface area contributed by atoms with E-state index in [0.29, 0.717) is 17.7 Å². The Morgan fingerprint density at radius 3 is 2.34 bits per heavy atom. The lowest BCUT2D eigenvalue weighted by Gasteiger charge is -2.37. The number of nitrogens with zero attached hydrogens (tertiary/aromatic N) is 3. The van der Waals surface area contributed by atoms with Crippen LogP contribution in [0.15, 0.2) is 18.2 Å². The van der Waals surface area contributed by atoms with Gasteiger partial charge in [-0.3, -0.25) is 14.4 Å². The largest absolute Gasteiger partial charge is 0.369 e. The molecule has 0 aromatic heterocycles. The molecular weight excluding hydrogens is 444 g/mol. The molecule has 3 aliphatic heterocycles. The number of likely N-dealkylation sites (tertiary alicyclic amines) is 1. The first-order valence-corrected chi connectivity index (χ1v) is 12.7. The minimum Gasteiger partial charge on any atom is -0.369 e. The van der Waals surface area contributed by atoms with E-state index in [9.17, 15) is 14.4 Å². The van der Waals surface area contributed by atoms with Crippen LogP contribution in [0.5, 0.6) is 0 Å². The third-order valence-corrected chi connectivity index (χ3v) is 7.96. The molecule has 35 heavy (non-hydrogen) atoms. The minimum absolute atomic E-state index is 0.0412. The number of hydrogen-bond acceptors (Lipinski definition) is 6. The summed E-state index contributed by atoms with van der Waals surface area (Å²) in [6.45, 7) is 14.4. The van der Waals surface area contributed by atoms with Gasteiger partial charge in [0.1, 0.15) is 12.6 Å². The van der Waals surface area contributed by atoms with E-state index in [0.717, 1.165) is 31.9 Å². The maximum Gasteiger partial charge on any atom is 0.249 e. The monoisotopic (exact) mass is 484 g/mol. The molecule has 4 atom stereocenters. The fourth-order valence-corrected chi connectivity index (χ4v) is 5.92. The molecule has 0 unspecified atom stereocenters. The van der Waals surface area contributed by atoms with Crippen molar-refractivity contribution in [1.82, 2.24) is 9.80 Å². The van der Waals surface area contributed by atoms with Crippen LogP contribution in [-0.2, 0) is 14.3 Å². The average Bonchev–Trinajstić information content (AvgIpc) is 3.34. The first-order chi connectivity index (χ1) is 16.4. The Morgan fingerprint density at radius 1 is 1.11 bits per heavy atom. The standard InChI is InChI=1S/C27H40N4O4/c1-16(2)20-14-31(23-21(32)15-35-24(20)23)26(34)22(27(3,4)5)19-13-17(7-8-18(19)25(28)33)30-11-9-29(6)10-12-30/h7-8,13,16,20,22-24H,9-12,14-15H2,1-6H3,(H2,28,33)/t20-,22+,23-,24-/m1/s1. The highest BCUT2D eigenvalue weighted by Crippen LogP contribution is 2.43. The zero-order valence-corrected chi connectivity index (χ0v) is 21.9. The number of amides is 2. The van der Waals surface area contributed by atoms with Crippen molar-refractivity contribution in [2.24, 2.45) is 23.0 Å². The molecule has 0 aliphatic carbocycles. The molecule has 3 heterocycles. The molecule has 1 aromatic rings. The van der Waals surface area contributed by atoms with E-state index >= 15 is 0 Å². The van der Waals surface area contributed by atoms with Crippen molar-refractivity contribution in [3.63, 3.8) is 0 Å². The molecule has 3 fully saturated rings. The molecule has 8 nitrogen and oxygen atoms in total. The summed E-state index contributed by atoms with van der Waals surface area (Å²) < 4.78 is 5.86. The lowest BCUT2D eigenvalue weighted by molar-refractivity contribution is -0.139. The van der Waals surface area contributed by atoms with Gasteiger partial charge in [-0.15, -0.1) is 0 Å². The molecule has 3 saturated heterocycles. The van der Waals surface area contributed by atoms with Crippen LogP contribution >= 0.6 is 0 Å². The van der Waals surface area contributed by atoms with Gasteiger partial charge in [-0.2, -0.15) is 0 Å². The van der Waals surface area contributed by atoms with Gasteiger partial charge in [0.05, 0.1) is 12.0 Å². The first kappa shape index (κ1) is 25.6. The van der Waals surface area contributed by atoms with E-state index in [1.165, 1.54) is 0 Å². The fourth-order valence-electron chi connectivity index (χ4n) is 5.92. The Hall–Kier alpha value is -2.45. The van der Waals surface area contributed by atoms with Gasteiger partial charge in [0, 0.05) is 49.9 Å². The molecule has 2 amide bonds. The van der Waals surface area contributed by atoms with E-state index < -0.39 is 23.3 Å². The maximum absolute atomic E-state index is 14.3. The van der Waals surface area contributed by atoms with Crippen LogP contribution in [0.1, 0.15) is 56.5 Å². The van der Waals surface area contributed by atoms with Crippen molar-refractivity contribution in [3.05, 3.63) is 29.3 Å². The van der Waals surface area contributed by atoms with Crippen molar-refractivity contribution >= 4 is 23.3 Å². The van der Waals surface area contributed by atoms with Crippen molar-refractivity contribution in [1.29, 1.82) is 0 Å². The van der Waals surface area contributed by atoms with Crippen molar-refractivity contribution in [3.8, 4) is 0 Å². The van der Waals surface area contributed by atoms with E-state index in [1.807, 2.05) is 32.9 Å². The summed E-state index contributed by atoms with van der Waals surface area (Å²) in [7, 11) is 2.11. The number of Topliss-reactive ketones (excluding diaryl/α,β-unsaturated/α-hetero) is 1. The number of rotatable bonds is 5. The number of benzene rings is 1. The second kappa shape index (κ2) is 9.54. The predicted molar refractivity (Wildman–Crippen MR) is 135 cm³/mol. The molecule has 1 aromatic carbocycles. The second-order valence-electron chi connectivity index (χ2n) is 11.8. The van der Waals surface area contributed by atoms with Crippen LogP contribution < -0.4 is 10.6 Å². The number of carbonyl (C=O) groups excluding carboxylic acids is 3. The van der Waals surface area contributed by atoms with Gasteiger partial charge in [-0.05, 0) is 42.1 Å². The summed E-state index contributed by atoms with van der Waals surface area (Å²) in [6.07, 6.45) is -0.264. The van der Waals surface area contributed by atoms with Crippen molar-refractivity contribution in [2.75, 3.05) is 51.3 Å². The predicted octanol–water partition coefficient (Wildman–Crippen LogP) is 2.12. The quantitative estimate of drug-likeness (QED) is 0.688. The zero-order valence-electron chi connectivity index (χ0n) is 21.9. The highest BCUT2D eigenvalue weighted by Gasteiger charge is 2.54. The smallest absolute Gasteiger partial charge is 0.249 e. The summed E-state index contributed by atoms with van der Waals surface area (Å²) in [6, 6.07) is 5.09. The third-order valence-electron chi connectivity index (χ3n) is 7.96. The van der Waals surface area contributed by atoms with Gasteiger partial charge in [0.25, 0.3) is 0 Å². The van der Waals surface area contributed by atoms with Crippen LogP contribution in [0.2, 0.25) is 0 Å². The molecule has 8 heteroatoms. The number of fused-ring (bicyclic) bond motifs is 1. The number of likely N-dealkylation sites (N-methyl/N-ethyl adjacent to an activating group) is 1. The lowest BCUT2D eigenvalue weighted by Crippen LogP contribution is -2.47. The molecule has 0 bridgehead atoms. The number of nitrogens with two attached hydrogens (primary N) is 1. The number of anilines is 1.